The van der Waals surface area contributed by atoms with Crippen LogP contribution in [-0.4, -0.2) is 14.4 Å². The maximum Gasteiger partial charge on any atom is 0.416 e. The molecule has 1 aliphatic rings. The van der Waals surface area contributed by atoms with E-state index in [1.807, 2.05) is 43.3 Å². The van der Waals surface area contributed by atoms with Gasteiger partial charge in [-0.15, -0.1) is 4.40 Å². The van der Waals surface area contributed by atoms with Crippen LogP contribution in [0.1, 0.15) is 28.3 Å². The van der Waals surface area contributed by atoms with Gasteiger partial charge in [0.1, 0.15) is 11.8 Å². The van der Waals surface area contributed by atoms with Gasteiger partial charge in [0.05, 0.1) is 10.5 Å². The van der Waals surface area contributed by atoms with Crippen molar-refractivity contribution < 1.29 is 26.3 Å². The summed E-state index contributed by atoms with van der Waals surface area (Å²) in [5.74, 6) is 0.308. The number of benzene rings is 4. The fourth-order valence-electron chi connectivity index (χ4n) is 4.21. The molecule has 1 fully saturated rings. The van der Waals surface area contributed by atoms with E-state index in [0.717, 1.165) is 23.3 Å². The summed E-state index contributed by atoms with van der Waals surface area (Å²) in [5.41, 5.74) is 1.98. The van der Waals surface area contributed by atoms with Gasteiger partial charge < -0.3 is 4.74 Å². The minimum absolute atomic E-state index is 0.00800. The third-order valence-corrected chi connectivity index (χ3v) is 7.42. The van der Waals surface area contributed by atoms with Gasteiger partial charge in [-0.2, -0.15) is 21.6 Å². The molecule has 1 atom stereocenters. The van der Waals surface area contributed by atoms with Gasteiger partial charge in [-0.1, -0.05) is 78.4 Å². The van der Waals surface area contributed by atoms with Crippen LogP contribution in [0.5, 0.6) is 0 Å². The van der Waals surface area contributed by atoms with Gasteiger partial charge in [-0.25, -0.2) is 0 Å². The maximum atomic E-state index is 13.3. The molecule has 1 saturated heterocycles. The van der Waals surface area contributed by atoms with E-state index in [1.54, 1.807) is 47.4 Å². The molecule has 4 aromatic carbocycles. The van der Waals surface area contributed by atoms with Gasteiger partial charge in [-0.3, -0.25) is 4.90 Å². The lowest BCUT2D eigenvalue weighted by Gasteiger charge is -2.24. The van der Waals surface area contributed by atoms with Crippen LogP contribution < -0.4 is 4.90 Å². The van der Waals surface area contributed by atoms with Crippen LogP contribution in [0.25, 0.3) is 6.08 Å². The summed E-state index contributed by atoms with van der Waals surface area (Å²) >= 11 is 0. The fourth-order valence-corrected chi connectivity index (χ4v) is 5.13. The predicted octanol–water partition coefficient (Wildman–Crippen LogP) is 7.38. The van der Waals surface area contributed by atoms with E-state index >= 15 is 0 Å². The number of hydrogen-bond donors (Lipinski definition) is 0. The number of alkyl halides is 3. The maximum absolute atomic E-state index is 13.3. The van der Waals surface area contributed by atoms with Gasteiger partial charge in [-0.05, 0) is 60.5 Å². The molecular weight excluding hydrogens is 525 g/mol. The van der Waals surface area contributed by atoms with Crippen molar-refractivity contribution in [1.82, 2.24) is 0 Å². The zero-order valence-corrected chi connectivity index (χ0v) is 21.5. The molecule has 0 bridgehead atoms. The quantitative estimate of drug-likeness (QED) is 0.261. The lowest BCUT2D eigenvalue weighted by Crippen LogP contribution is -2.29. The molecule has 5 rings (SSSR count). The number of para-hydroxylation sites is 1. The molecule has 9 heteroatoms. The SMILES string of the molecule is Cc1ccc(S(=O)(=O)/N=C2\O/C(=C\c3ccc(C(F)(F)F)cc3)[C@@H](c3ccccc3)N2c2ccccc2)cc1. The van der Waals surface area contributed by atoms with Crippen molar-refractivity contribution in [1.29, 1.82) is 0 Å². The Bertz CT molecular complexity index is 1620. The number of sulfonamides is 1. The molecule has 0 unspecified atom stereocenters. The lowest BCUT2D eigenvalue weighted by molar-refractivity contribution is -0.137. The molecule has 1 aliphatic heterocycles. The van der Waals surface area contributed by atoms with Crippen molar-refractivity contribution >= 4 is 27.8 Å². The van der Waals surface area contributed by atoms with Crippen LogP contribution in [-0.2, 0) is 20.9 Å². The lowest BCUT2D eigenvalue weighted by atomic mass is 10.0. The minimum atomic E-state index is -4.46. The van der Waals surface area contributed by atoms with Crippen LogP contribution in [0, 0.1) is 6.92 Å². The summed E-state index contributed by atoms with van der Waals surface area (Å²) < 4.78 is 76.1. The van der Waals surface area contributed by atoms with E-state index in [9.17, 15) is 21.6 Å². The zero-order chi connectivity index (χ0) is 27.6. The molecule has 198 valence electrons. The van der Waals surface area contributed by atoms with E-state index in [-0.39, 0.29) is 10.9 Å². The predicted molar refractivity (Wildman–Crippen MR) is 144 cm³/mol. The molecule has 5 nitrogen and oxygen atoms in total. The van der Waals surface area contributed by atoms with Crippen molar-refractivity contribution in [2.75, 3.05) is 4.90 Å². The number of amidine groups is 1. The van der Waals surface area contributed by atoms with Crippen LogP contribution >= 0.6 is 0 Å². The van der Waals surface area contributed by atoms with Crippen LogP contribution in [0.4, 0.5) is 18.9 Å². The average Bonchev–Trinajstić information content (AvgIpc) is 3.26. The van der Waals surface area contributed by atoms with Crippen molar-refractivity contribution in [2.24, 2.45) is 4.40 Å². The Labute approximate surface area is 224 Å². The highest BCUT2D eigenvalue weighted by molar-refractivity contribution is 7.90. The Kier molecular flexibility index (Phi) is 7.01. The van der Waals surface area contributed by atoms with E-state index in [0.29, 0.717) is 17.0 Å². The largest absolute Gasteiger partial charge is 0.427 e. The van der Waals surface area contributed by atoms with Crippen molar-refractivity contribution in [2.45, 2.75) is 24.0 Å². The summed E-state index contributed by atoms with van der Waals surface area (Å²) in [4.78, 5) is 1.67. The Morgan fingerprint density at radius 1 is 0.821 bits per heavy atom. The summed E-state index contributed by atoms with van der Waals surface area (Å²) in [6.07, 6.45) is -2.87. The van der Waals surface area contributed by atoms with E-state index in [2.05, 4.69) is 4.40 Å². The minimum Gasteiger partial charge on any atom is -0.427 e. The van der Waals surface area contributed by atoms with Crippen molar-refractivity contribution in [3.8, 4) is 0 Å². The van der Waals surface area contributed by atoms with E-state index in [1.165, 1.54) is 24.3 Å². The highest BCUT2D eigenvalue weighted by atomic mass is 32.2. The second kappa shape index (κ2) is 10.4. The van der Waals surface area contributed by atoms with Crippen LogP contribution in [0.15, 0.2) is 124 Å². The number of halogens is 3. The summed E-state index contributed by atoms with van der Waals surface area (Å²) in [6.45, 7) is 1.85. The average molecular weight is 549 g/mol. The summed E-state index contributed by atoms with van der Waals surface area (Å²) in [5, 5.41) is 0. The third kappa shape index (κ3) is 5.73. The highest BCUT2D eigenvalue weighted by Gasteiger charge is 2.40. The number of hydrogen-bond acceptors (Lipinski definition) is 3. The van der Waals surface area contributed by atoms with Crippen LogP contribution in [0.2, 0.25) is 0 Å². The molecular formula is C30H23F3N2O3S. The smallest absolute Gasteiger partial charge is 0.416 e. The fraction of sp³-hybridized carbons (Fsp3) is 0.100. The Morgan fingerprint density at radius 2 is 1.41 bits per heavy atom. The Hall–Kier alpha value is -4.37. The molecule has 0 aliphatic carbocycles. The second-order valence-corrected chi connectivity index (χ2v) is 10.6. The molecule has 0 saturated carbocycles. The molecule has 0 radical (unpaired) electrons. The van der Waals surface area contributed by atoms with Crippen molar-refractivity contribution in [3.05, 3.63) is 137 Å². The third-order valence-electron chi connectivity index (χ3n) is 6.16. The molecule has 39 heavy (non-hydrogen) atoms. The van der Waals surface area contributed by atoms with Crippen molar-refractivity contribution in [3.63, 3.8) is 0 Å². The first-order chi connectivity index (χ1) is 18.6. The monoisotopic (exact) mass is 548 g/mol. The number of aryl methyl sites for hydroxylation is 1. The molecule has 0 spiro atoms. The first-order valence-electron chi connectivity index (χ1n) is 12.0. The standard InChI is InChI=1S/C30H23F3N2O3S/c1-21-12-18-26(19-13-21)39(36,37)34-29-35(25-10-6-3-7-11-25)28(23-8-4-2-5-9-23)27(38-29)20-22-14-16-24(17-15-22)30(31,32)33/h2-20,28H,1H3/b27-20-,34-29-/t28-/m1/s1. The normalized spacial score (nSPS) is 17.9. The topological polar surface area (TPSA) is 59.0 Å². The second-order valence-electron chi connectivity index (χ2n) is 8.95. The van der Waals surface area contributed by atoms with Gasteiger partial charge in [0.25, 0.3) is 10.0 Å². The molecule has 1 heterocycles. The Balaban J connectivity index is 1.66. The zero-order valence-electron chi connectivity index (χ0n) is 20.7. The molecule has 0 N–H and O–H groups in total. The first kappa shape index (κ1) is 26.2. The summed E-state index contributed by atoms with van der Waals surface area (Å²) in [7, 11) is -4.16. The summed E-state index contributed by atoms with van der Waals surface area (Å²) in [6, 6.07) is 28.5. The van der Waals surface area contributed by atoms with E-state index in [4.69, 9.17) is 4.74 Å². The Morgan fingerprint density at radius 3 is 2.00 bits per heavy atom. The number of rotatable bonds is 5. The van der Waals surface area contributed by atoms with Gasteiger partial charge in [0.15, 0.2) is 0 Å². The van der Waals surface area contributed by atoms with E-state index < -0.39 is 27.8 Å². The van der Waals surface area contributed by atoms with Crippen LogP contribution in [0.3, 0.4) is 0 Å². The van der Waals surface area contributed by atoms with Gasteiger partial charge in [0.2, 0.25) is 0 Å². The number of ether oxygens (including phenoxy) is 1. The number of anilines is 1. The highest BCUT2D eigenvalue weighted by Crippen LogP contribution is 2.41. The number of nitrogens with zero attached hydrogens (tertiary/aromatic N) is 2. The van der Waals surface area contributed by atoms with Gasteiger partial charge >= 0.3 is 12.2 Å². The first-order valence-corrected chi connectivity index (χ1v) is 13.4. The van der Waals surface area contributed by atoms with Gasteiger partial charge in [0, 0.05) is 5.69 Å². The molecule has 4 aromatic rings. The molecule has 0 aromatic heterocycles. The molecule has 0 amide bonds.